The Labute approximate surface area is 85.8 Å². The highest BCUT2D eigenvalue weighted by Crippen LogP contribution is 2.14. The molecule has 1 N–H and O–H groups in total. The predicted molar refractivity (Wildman–Crippen MR) is 53.5 cm³/mol. The summed E-state index contributed by atoms with van der Waals surface area (Å²) in [4.78, 5) is 7.79. The van der Waals surface area contributed by atoms with Crippen LogP contribution in [0.1, 0.15) is 0 Å². The fourth-order valence-electron chi connectivity index (χ4n) is 1.03. The lowest BCUT2D eigenvalue weighted by Crippen LogP contribution is -2.00. The molecule has 2 aromatic heterocycles. The monoisotopic (exact) mass is 209 g/mol. The van der Waals surface area contributed by atoms with Crippen molar-refractivity contribution in [1.82, 2.24) is 19.7 Å². The molecule has 2 heterocycles. The fourth-order valence-corrected chi connectivity index (χ4v) is 1.18. The van der Waals surface area contributed by atoms with E-state index in [1.165, 1.54) is 6.33 Å². The number of hydrogen-bond donors (Lipinski definition) is 1. The molecular weight excluding hydrogens is 202 g/mol. The summed E-state index contributed by atoms with van der Waals surface area (Å²) in [5, 5.41) is 7.48. The van der Waals surface area contributed by atoms with Gasteiger partial charge in [-0.1, -0.05) is 11.6 Å². The number of nitrogens with one attached hydrogen (secondary N) is 1. The summed E-state index contributed by atoms with van der Waals surface area (Å²) in [5.74, 6) is 1.49. The van der Waals surface area contributed by atoms with Gasteiger partial charge in [0.2, 0.25) is 0 Å². The summed E-state index contributed by atoms with van der Waals surface area (Å²) in [5.41, 5.74) is 0. The van der Waals surface area contributed by atoms with Crippen LogP contribution in [0.3, 0.4) is 0 Å². The van der Waals surface area contributed by atoms with Gasteiger partial charge >= 0.3 is 0 Å². The molecule has 14 heavy (non-hydrogen) atoms. The lowest BCUT2D eigenvalue weighted by molar-refractivity contribution is 0.776. The second-order valence-electron chi connectivity index (χ2n) is 2.69. The maximum atomic E-state index is 5.71. The summed E-state index contributed by atoms with van der Waals surface area (Å²) in [6, 6.07) is 3.49. The van der Waals surface area contributed by atoms with Gasteiger partial charge in [-0.15, -0.1) is 0 Å². The molecule has 0 spiro atoms. The van der Waals surface area contributed by atoms with E-state index in [1.54, 1.807) is 16.9 Å². The van der Waals surface area contributed by atoms with Crippen molar-refractivity contribution in [2.75, 3.05) is 5.32 Å². The number of hydrogen-bond acceptors (Lipinski definition) is 4. The molecule has 0 saturated carbocycles. The van der Waals surface area contributed by atoms with Gasteiger partial charge in [0, 0.05) is 19.2 Å². The van der Waals surface area contributed by atoms with Gasteiger partial charge in [-0.05, 0) is 0 Å². The third kappa shape index (κ3) is 1.82. The first kappa shape index (κ1) is 8.96. The molecule has 0 radical (unpaired) electrons. The zero-order chi connectivity index (χ0) is 9.97. The molecule has 0 aliphatic heterocycles. The third-order valence-corrected chi connectivity index (χ3v) is 1.92. The Hall–Kier alpha value is -1.62. The highest BCUT2D eigenvalue weighted by molar-refractivity contribution is 6.29. The van der Waals surface area contributed by atoms with Crippen molar-refractivity contribution in [1.29, 1.82) is 0 Å². The molecule has 0 bridgehead atoms. The van der Waals surface area contributed by atoms with Crippen LogP contribution in [0.25, 0.3) is 0 Å². The average molecular weight is 210 g/mol. The van der Waals surface area contributed by atoms with Crippen molar-refractivity contribution < 1.29 is 0 Å². The van der Waals surface area contributed by atoms with E-state index in [1.807, 2.05) is 13.1 Å². The van der Waals surface area contributed by atoms with E-state index >= 15 is 0 Å². The lowest BCUT2D eigenvalue weighted by Gasteiger charge is -2.04. The summed E-state index contributed by atoms with van der Waals surface area (Å²) < 4.78 is 1.70. The van der Waals surface area contributed by atoms with Gasteiger partial charge in [0.1, 0.15) is 23.1 Å². The van der Waals surface area contributed by atoms with Crippen molar-refractivity contribution in [3.63, 3.8) is 0 Å². The summed E-state index contributed by atoms with van der Waals surface area (Å²) in [7, 11) is 1.84. The zero-order valence-electron chi connectivity index (χ0n) is 7.48. The molecule has 5 nitrogen and oxygen atoms in total. The highest BCUT2D eigenvalue weighted by Gasteiger charge is 2.00. The second kappa shape index (κ2) is 3.63. The van der Waals surface area contributed by atoms with Crippen molar-refractivity contribution >= 4 is 23.2 Å². The molecule has 0 fully saturated rings. The number of nitrogens with zero attached hydrogens (tertiary/aromatic N) is 4. The van der Waals surface area contributed by atoms with E-state index in [9.17, 15) is 0 Å². The Kier molecular flexibility index (Phi) is 2.32. The quantitative estimate of drug-likeness (QED) is 0.764. The number of aromatic nitrogens is 4. The number of anilines is 2. The highest BCUT2D eigenvalue weighted by atomic mass is 35.5. The Bertz CT molecular complexity index is 439. The standard InChI is InChI=1S/C8H8ClN5/c1-14-8(2-3-12-14)13-7-4-6(9)10-5-11-7/h2-5H,1H3,(H,10,11,13). The molecular formula is C8H8ClN5. The summed E-state index contributed by atoms with van der Waals surface area (Å²) >= 11 is 5.71. The van der Waals surface area contributed by atoms with Gasteiger partial charge in [-0.2, -0.15) is 5.10 Å². The lowest BCUT2D eigenvalue weighted by atomic mass is 10.5. The minimum absolute atomic E-state index is 0.407. The van der Waals surface area contributed by atoms with Crippen molar-refractivity contribution in [3.05, 3.63) is 29.8 Å². The van der Waals surface area contributed by atoms with E-state index in [-0.39, 0.29) is 0 Å². The molecule has 0 saturated heterocycles. The van der Waals surface area contributed by atoms with Gasteiger partial charge in [0.15, 0.2) is 0 Å². The van der Waals surface area contributed by atoms with Crippen molar-refractivity contribution in [2.45, 2.75) is 0 Å². The molecule has 0 atom stereocenters. The smallest absolute Gasteiger partial charge is 0.136 e. The molecule has 0 amide bonds. The van der Waals surface area contributed by atoms with Crippen LogP contribution in [0.5, 0.6) is 0 Å². The maximum absolute atomic E-state index is 5.71. The van der Waals surface area contributed by atoms with Crippen LogP contribution < -0.4 is 5.32 Å². The maximum Gasteiger partial charge on any atom is 0.136 e. The number of halogens is 1. The van der Waals surface area contributed by atoms with Gasteiger partial charge in [0.05, 0.1) is 6.20 Å². The van der Waals surface area contributed by atoms with E-state index in [4.69, 9.17) is 11.6 Å². The molecule has 2 rings (SSSR count). The second-order valence-corrected chi connectivity index (χ2v) is 3.08. The third-order valence-electron chi connectivity index (χ3n) is 1.71. The molecule has 6 heteroatoms. The minimum atomic E-state index is 0.407. The SMILES string of the molecule is Cn1nccc1Nc1cc(Cl)ncn1. The molecule has 0 aromatic carbocycles. The van der Waals surface area contributed by atoms with Gasteiger partial charge in [-0.25, -0.2) is 9.97 Å². The minimum Gasteiger partial charge on any atom is -0.325 e. The van der Waals surface area contributed by atoms with E-state index < -0.39 is 0 Å². The van der Waals surface area contributed by atoms with Crippen LogP contribution in [-0.2, 0) is 7.05 Å². The van der Waals surface area contributed by atoms with Crippen LogP contribution in [0.4, 0.5) is 11.6 Å². The Balaban J connectivity index is 2.23. The van der Waals surface area contributed by atoms with Crippen molar-refractivity contribution in [2.24, 2.45) is 7.05 Å². The number of aryl methyl sites for hydroxylation is 1. The van der Waals surface area contributed by atoms with E-state index in [0.29, 0.717) is 11.0 Å². The molecule has 0 unspecified atom stereocenters. The normalized spacial score (nSPS) is 10.1. The van der Waals surface area contributed by atoms with Gasteiger partial charge in [0.25, 0.3) is 0 Å². The summed E-state index contributed by atoms with van der Waals surface area (Å²) in [6.45, 7) is 0. The van der Waals surface area contributed by atoms with E-state index in [2.05, 4.69) is 20.4 Å². The Morgan fingerprint density at radius 2 is 2.29 bits per heavy atom. The van der Waals surface area contributed by atoms with Gasteiger partial charge < -0.3 is 5.32 Å². The van der Waals surface area contributed by atoms with Crippen LogP contribution >= 0.6 is 11.6 Å². The van der Waals surface area contributed by atoms with Gasteiger partial charge in [-0.3, -0.25) is 4.68 Å². The predicted octanol–water partition coefficient (Wildman–Crippen LogP) is 1.61. The molecule has 0 aliphatic rings. The van der Waals surface area contributed by atoms with Crippen LogP contribution in [0.2, 0.25) is 5.15 Å². The molecule has 0 aliphatic carbocycles. The van der Waals surface area contributed by atoms with Crippen LogP contribution in [0, 0.1) is 0 Å². The average Bonchev–Trinajstić information content (AvgIpc) is 2.52. The van der Waals surface area contributed by atoms with Crippen molar-refractivity contribution in [3.8, 4) is 0 Å². The topological polar surface area (TPSA) is 55.6 Å². The Morgan fingerprint density at radius 3 is 2.93 bits per heavy atom. The molecule has 72 valence electrons. The number of rotatable bonds is 2. The van der Waals surface area contributed by atoms with Crippen LogP contribution in [0.15, 0.2) is 24.7 Å². The molecule has 2 aromatic rings. The van der Waals surface area contributed by atoms with E-state index in [0.717, 1.165) is 5.82 Å². The first-order valence-corrected chi connectivity index (χ1v) is 4.36. The first-order chi connectivity index (χ1) is 6.75. The van der Waals surface area contributed by atoms with Crippen LogP contribution in [-0.4, -0.2) is 19.7 Å². The largest absolute Gasteiger partial charge is 0.325 e. The Morgan fingerprint density at radius 1 is 1.43 bits per heavy atom. The fraction of sp³-hybridized carbons (Fsp3) is 0.125. The zero-order valence-corrected chi connectivity index (χ0v) is 8.23. The summed E-state index contributed by atoms with van der Waals surface area (Å²) in [6.07, 6.45) is 3.10. The first-order valence-electron chi connectivity index (χ1n) is 3.98.